The van der Waals surface area contributed by atoms with Gasteiger partial charge in [0.2, 0.25) is 0 Å². The second-order valence-corrected chi connectivity index (χ2v) is 6.65. The minimum Gasteiger partial charge on any atom is -0.487 e. The maximum absolute atomic E-state index is 6.30. The third-order valence-corrected chi connectivity index (χ3v) is 4.42. The zero-order valence-electron chi connectivity index (χ0n) is 12.6. The molecule has 1 aliphatic rings. The van der Waals surface area contributed by atoms with E-state index < -0.39 is 0 Å². The summed E-state index contributed by atoms with van der Waals surface area (Å²) in [6.07, 6.45) is 8.39. The molecule has 2 nitrogen and oxygen atoms in total. The van der Waals surface area contributed by atoms with Gasteiger partial charge in [-0.05, 0) is 38.0 Å². The Morgan fingerprint density at radius 3 is 2.80 bits per heavy atom. The van der Waals surface area contributed by atoms with Gasteiger partial charge in [-0.2, -0.15) is 0 Å². The Hall–Kier alpha value is -0.730. The molecule has 0 aliphatic carbocycles. The van der Waals surface area contributed by atoms with Crippen LogP contribution in [0, 0.1) is 0 Å². The minimum absolute atomic E-state index is 0.0260. The number of fused-ring (bicyclic) bond motifs is 1. The van der Waals surface area contributed by atoms with Crippen molar-refractivity contribution in [3.05, 3.63) is 28.8 Å². The highest BCUT2D eigenvalue weighted by atomic mass is 35.5. The molecule has 3 heteroatoms. The van der Waals surface area contributed by atoms with Crippen LogP contribution in [0.1, 0.15) is 70.4 Å². The van der Waals surface area contributed by atoms with Gasteiger partial charge >= 0.3 is 0 Å². The lowest BCUT2D eigenvalue weighted by molar-refractivity contribution is 0.0430. The topological polar surface area (TPSA) is 35.2 Å². The number of unbranched alkanes of at least 4 members (excludes halogenated alkanes) is 4. The van der Waals surface area contributed by atoms with Gasteiger partial charge in [0.05, 0.1) is 0 Å². The lowest BCUT2D eigenvalue weighted by atomic mass is 9.85. The van der Waals surface area contributed by atoms with E-state index in [9.17, 15) is 0 Å². The van der Waals surface area contributed by atoms with Gasteiger partial charge in [-0.1, -0.05) is 44.2 Å². The normalized spacial score (nSPS) is 25.1. The molecule has 0 amide bonds. The second kappa shape index (κ2) is 6.82. The maximum Gasteiger partial charge on any atom is 0.125 e. The fourth-order valence-electron chi connectivity index (χ4n) is 3.04. The Balaban J connectivity index is 1.96. The van der Waals surface area contributed by atoms with E-state index in [-0.39, 0.29) is 11.6 Å². The van der Waals surface area contributed by atoms with E-state index in [4.69, 9.17) is 22.1 Å². The molecule has 1 aromatic rings. The summed E-state index contributed by atoms with van der Waals surface area (Å²) in [7, 11) is 0. The summed E-state index contributed by atoms with van der Waals surface area (Å²) < 4.78 is 6.21. The number of nitrogens with two attached hydrogens (primary N) is 1. The van der Waals surface area contributed by atoms with E-state index in [1.54, 1.807) is 0 Å². The van der Waals surface area contributed by atoms with Crippen LogP contribution in [0.5, 0.6) is 5.75 Å². The third kappa shape index (κ3) is 3.89. The van der Waals surface area contributed by atoms with Crippen LogP contribution in [0.15, 0.2) is 18.2 Å². The fourth-order valence-corrected chi connectivity index (χ4v) is 3.22. The summed E-state index contributed by atoms with van der Waals surface area (Å²) in [6.45, 7) is 4.43. The first-order chi connectivity index (χ1) is 9.54. The molecule has 0 bridgehead atoms. The number of benzene rings is 1. The quantitative estimate of drug-likeness (QED) is 0.728. The summed E-state index contributed by atoms with van der Waals surface area (Å²) in [5.74, 6) is 0.907. The summed E-state index contributed by atoms with van der Waals surface area (Å²) in [5, 5.41) is 0.728. The van der Waals surface area contributed by atoms with Crippen molar-refractivity contribution in [2.45, 2.75) is 70.4 Å². The summed E-state index contributed by atoms with van der Waals surface area (Å²) in [6, 6.07) is 5.78. The van der Waals surface area contributed by atoms with Gasteiger partial charge in [0.25, 0.3) is 0 Å². The van der Waals surface area contributed by atoms with Crippen LogP contribution in [0.25, 0.3) is 0 Å². The van der Waals surface area contributed by atoms with Crippen molar-refractivity contribution in [1.82, 2.24) is 0 Å². The van der Waals surface area contributed by atoms with Crippen molar-refractivity contribution in [3.8, 4) is 5.75 Å². The van der Waals surface area contributed by atoms with Crippen LogP contribution in [0.3, 0.4) is 0 Å². The summed E-state index contributed by atoms with van der Waals surface area (Å²) >= 11 is 6.03. The molecule has 0 aromatic heterocycles. The van der Waals surface area contributed by atoms with Crippen molar-refractivity contribution >= 4 is 11.6 Å². The Morgan fingerprint density at radius 1 is 1.30 bits per heavy atom. The Bertz CT molecular complexity index is 449. The molecule has 1 heterocycles. The predicted molar refractivity (Wildman–Crippen MR) is 85.4 cm³/mol. The van der Waals surface area contributed by atoms with Gasteiger partial charge < -0.3 is 10.5 Å². The molecule has 1 aliphatic heterocycles. The number of hydrogen-bond acceptors (Lipinski definition) is 2. The zero-order valence-corrected chi connectivity index (χ0v) is 13.4. The zero-order chi connectivity index (χ0) is 14.6. The first-order valence-electron chi connectivity index (χ1n) is 7.78. The molecular formula is C17H26ClNO. The van der Waals surface area contributed by atoms with E-state index in [0.29, 0.717) is 0 Å². The van der Waals surface area contributed by atoms with Gasteiger partial charge in [-0.3, -0.25) is 0 Å². The van der Waals surface area contributed by atoms with Gasteiger partial charge in [0, 0.05) is 23.0 Å². The first-order valence-corrected chi connectivity index (χ1v) is 8.16. The van der Waals surface area contributed by atoms with E-state index in [1.807, 2.05) is 18.2 Å². The maximum atomic E-state index is 6.30. The van der Waals surface area contributed by atoms with Crippen molar-refractivity contribution < 1.29 is 4.74 Å². The Morgan fingerprint density at radius 2 is 2.05 bits per heavy atom. The molecule has 112 valence electrons. The van der Waals surface area contributed by atoms with Crippen LogP contribution >= 0.6 is 11.6 Å². The number of ether oxygens (including phenoxy) is 1. The van der Waals surface area contributed by atoms with Crippen LogP contribution in [0.4, 0.5) is 0 Å². The lowest BCUT2D eigenvalue weighted by Gasteiger charge is -2.39. The number of rotatable bonds is 6. The van der Waals surface area contributed by atoms with E-state index in [0.717, 1.165) is 29.2 Å². The van der Waals surface area contributed by atoms with Crippen LogP contribution in [-0.2, 0) is 0 Å². The lowest BCUT2D eigenvalue weighted by Crippen LogP contribution is -2.40. The first kappa shape index (κ1) is 15.7. The highest BCUT2D eigenvalue weighted by Gasteiger charge is 2.35. The van der Waals surface area contributed by atoms with E-state index >= 15 is 0 Å². The third-order valence-electron chi connectivity index (χ3n) is 4.19. The average Bonchev–Trinajstić information content (AvgIpc) is 2.39. The van der Waals surface area contributed by atoms with Gasteiger partial charge in [-0.15, -0.1) is 0 Å². The number of halogens is 1. The molecule has 20 heavy (non-hydrogen) atoms. The standard InChI is InChI=1S/C17H26ClNO/c1-3-4-5-6-7-10-17(2)12-15(19)14-11-13(18)8-9-16(14)20-17/h8-9,11,15H,3-7,10,12,19H2,1-2H3/t15-,17?/m1/s1. The van der Waals surface area contributed by atoms with Crippen molar-refractivity contribution in [2.75, 3.05) is 0 Å². The molecule has 1 unspecified atom stereocenters. The number of hydrogen-bond donors (Lipinski definition) is 1. The van der Waals surface area contributed by atoms with E-state index in [2.05, 4.69) is 13.8 Å². The van der Waals surface area contributed by atoms with Crippen LogP contribution in [-0.4, -0.2) is 5.60 Å². The highest BCUT2D eigenvalue weighted by molar-refractivity contribution is 6.30. The van der Waals surface area contributed by atoms with Gasteiger partial charge in [-0.25, -0.2) is 0 Å². The molecule has 0 spiro atoms. The predicted octanol–water partition coefficient (Wildman–Crippen LogP) is 5.24. The fraction of sp³-hybridized carbons (Fsp3) is 0.647. The van der Waals surface area contributed by atoms with Crippen molar-refractivity contribution in [3.63, 3.8) is 0 Å². The van der Waals surface area contributed by atoms with Crippen molar-refractivity contribution in [1.29, 1.82) is 0 Å². The van der Waals surface area contributed by atoms with Crippen molar-refractivity contribution in [2.24, 2.45) is 5.73 Å². The molecular weight excluding hydrogens is 270 g/mol. The van der Waals surface area contributed by atoms with Gasteiger partial charge in [0.15, 0.2) is 0 Å². The summed E-state index contributed by atoms with van der Waals surface area (Å²) in [5.41, 5.74) is 7.21. The Kier molecular flexibility index (Phi) is 5.34. The van der Waals surface area contributed by atoms with E-state index in [1.165, 1.54) is 32.1 Å². The smallest absolute Gasteiger partial charge is 0.125 e. The molecule has 0 radical (unpaired) electrons. The average molecular weight is 296 g/mol. The molecule has 0 fully saturated rings. The largest absolute Gasteiger partial charge is 0.487 e. The molecule has 0 saturated heterocycles. The molecule has 0 saturated carbocycles. The van der Waals surface area contributed by atoms with Gasteiger partial charge in [0.1, 0.15) is 11.4 Å². The summed E-state index contributed by atoms with van der Waals surface area (Å²) in [4.78, 5) is 0. The Labute approximate surface area is 127 Å². The minimum atomic E-state index is -0.132. The molecule has 1 aromatic carbocycles. The molecule has 2 atom stereocenters. The van der Waals surface area contributed by atoms with Crippen LogP contribution < -0.4 is 10.5 Å². The SMILES string of the molecule is CCCCCCCC1(C)C[C@@H](N)c2cc(Cl)ccc2O1. The molecule has 2 N–H and O–H groups in total. The molecule has 2 rings (SSSR count). The van der Waals surface area contributed by atoms with Crippen LogP contribution in [0.2, 0.25) is 5.02 Å². The monoisotopic (exact) mass is 295 g/mol. The second-order valence-electron chi connectivity index (χ2n) is 6.21. The highest BCUT2D eigenvalue weighted by Crippen LogP contribution is 2.41.